The fraction of sp³-hybridized carbons (Fsp3) is 0.0714. The van der Waals surface area contributed by atoms with Gasteiger partial charge in [-0.15, -0.1) is 11.8 Å². The first-order valence-corrected chi connectivity index (χ1v) is 6.83. The fourth-order valence-electron chi connectivity index (χ4n) is 1.55. The third-order valence-corrected chi connectivity index (χ3v) is 3.83. The first kappa shape index (κ1) is 13.9. The van der Waals surface area contributed by atoms with Crippen LogP contribution >= 0.6 is 23.4 Å². The van der Waals surface area contributed by atoms with Crippen LogP contribution in [0.5, 0.6) is 0 Å². The fourth-order valence-corrected chi connectivity index (χ4v) is 2.55. The van der Waals surface area contributed by atoms with Crippen molar-refractivity contribution in [2.45, 2.75) is 10.6 Å². The summed E-state index contributed by atoms with van der Waals surface area (Å²) in [5.41, 5.74) is 0.0778. The van der Waals surface area contributed by atoms with Crippen molar-refractivity contribution >= 4 is 29.3 Å². The highest BCUT2D eigenvalue weighted by Crippen LogP contribution is 2.26. The van der Waals surface area contributed by atoms with Gasteiger partial charge in [0.05, 0.1) is 5.56 Å². The number of aromatic carboxylic acids is 1. The lowest BCUT2D eigenvalue weighted by atomic mass is 10.1. The standard InChI is InChI=1S/C14H10ClFO2S/c15-10-4-6-11(7-5-10)19-8-9-2-1-3-12(13(9)16)14(17)18/h1-7H,8H2,(H,17,18). The SMILES string of the molecule is O=C(O)c1cccc(CSc2ccc(Cl)cc2)c1F. The molecule has 0 radical (unpaired) electrons. The predicted octanol–water partition coefficient (Wildman–Crippen LogP) is 4.47. The summed E-state index contributed by atoms with van der Waals surface area (Å²) in [6.45, 7) is 0. The van der Waals surface area contributed by atoms with Crippen LogP contribution in [0.15, 0.2) is 47.4 Å². The second-order valence-electron chi connectivity index (χ2n) is 3.83. The summed E-state index contributed by atoms with van der Waals surface area (Å²) in [4.78, 5) is 11.8. The van der Waals surface area contributed by atoms with E-state index in [4.69, 9.17) is 16.7 Å². The highest BCUT2D eigenvalue weighted by atomic mass is 35.5. The van der Waals surface area contributed by atoms with E-state index in [0.717, 1.165) is 4.90 Å². The molecule has 0 saturated carbocycles. The van der Waals surface area contributed by atoms with Crippen LogP contribution < -0.4 is 0 Å². The molecule has 0 saturated heterocycles. The molecule has 0 spiro atoms. The maximum Gasteiger partial charge on any atom is 0.338 e. The van der Waals surface area contributed by atoms with Crippen LogP contribution in [0.1, 0.15) is 15.9 Å². The van der Waals surface area contributed by atoms with Gasteiger partial charge < -0.3 is 5.11 Å². The third-order valence-electron chi connectivity index (χ3n) is 2.52. The molecule has 0 aliphatic rings. The molecule has 2 aromatic rings. The number of halogens is 2. The number of hydrogen-bond donors (Lipinski definition) is 1. The molecule has 2 nitrogen and oxygen atoms in total. The summed E-state index contributed by atoms with van der Waals surface area (Å²) < 4.78 is 13.9. The zero-order valence-corrected chi connectivity index (χ0v) is 11.3. The Labute approximate surface area is 119 Å². The van der Waals surface area contributed by atoms with Crippen LogP contribution in [0, 0.1) is 5.82 Å². The number of hydrogen-bond acceptors (Lipinski definition) is 2. The maximum atomic E-state index is 13.9. The van der Waals surface area contributed by atoms with Crippen molar-refractivity contribution in [3.05, 3.63) is 64.4 Å². The van der Waals surface area contributed by atoms with E-state index in [1.165, 1.54) is 17.8 Å². The molecule has 0 unspecified atom stereocenters. The van der Waals surface area contributed by atoms with E-state index in [1.54, 1.807) is 24.3 Å². The van der Waals surface area contributed by atoms with Gasteiger partial charge in [-0.2, -0.15) is 0 Å². The average molecular weight is 297 g/mol. The van der Waals surface area contributed by atoms with Gasteiger partial charge in [0.15, 0.2) is 0 Å². The summed E-state index contributed by atoms with van der Waals surface area (Å²) in [6, 6.07) is 11.6. The summed E-state index contributed by atoms with van der Waals surface area (Å²) in [6.07, 6.45) is 0. The minimum Gasteiger partial charge on any atom is -0.478 e. The molecule has 2 rings (SSSR count). The number of carboxylic acids is 1. The Hall–Kier alpha value is -1.52. The number of benzene rings is 2. The molecule has 0 aromatic heterocycles. The summed E-state index contributed by atoms with van der Waals surface area (Å²) in [5.74, 6) is -1.55. The molecule has 0 amide bonds. The zero-order chi connectivity index (χ0) is 13.8. The second-order valence-corrected chi connectivity index (χ2v) is 5.31. The van der Waals surface area contributed by atoms with E-state index in [1.807, 2.05) is 12.1 Å². The molecule has 5 heteroatoms. The van der Waals surface area contributed by atoms with Crippen molar-refractivity contribution in [2.24, 2.45) is 0 Å². The van der Waals surface area contributed by atoms with Gasteiger partial charge in [0.1, 0.15) is 5.82 Å². The molecule has 19 heavy (non-hydrogen) atoms. The van der Waals surface area contributed by atoms with Gasteiger partial charge in [-0.25, -0.2) is 9.18 Å². The second kappa shape index (κ2) is 6.08. The Balaban J connectivity index is 2.13. The first-order chi connectivity index (χ1) is 9.08. The van der Waals surface area contributed by atoms with Gasteiger partial charge in [-0.1, -0.05) is 23.7 Å². The molecule has 0 bridgehead atoms. The molecule has 2 aromatic carbocycles. The van der Waals surface area contributed by atoms with E-state index in [-0.39, 0.29) is 5.56 Å². The monoisotopic (exact) mass is 296 g/mol. The number of thioether (sulfide) groups is 1. The lowest BCUT2D eigenvalue weighted by Gasteiger charge is -2.05. The highest BCUT2D eigenvalue weighted by Gasteiger charge is 2.13. The van der Waals surface area contributed by atoms with Crippen LogP contribution in [-0.2, 0) is 5.75 Å². The molecular weight excluding hydrogens is 287 g/mol. The smallest absolute Gasteiger partial charge is 0.338 e. The summed E-state index contributed by atoms with van der Waals surface area (Å²) >= 11 is 7.20. The topological polar surface area (TPSA) is 37.3 Å². The van der Waals surface area contributed by atoms with Crippen molar-refractivity contribution in [2.75, 3.05) is 0 Å². The Bertz CT molecular complexity index is 599. The van der Waals surface area contributed by atoms with E-state index in [9.17, 15) is 9.18 Å². The van der Waals surface area contributed by atoms with Crippen molar-refractivity contribution in [1.82, 2.24) is 0 Å². The Morgan fingerprint density at radius 2 is 1.89 bits per heavy atom. The highest BCUT2D eigenvalue weighted by molar-refractivity contribution is 7.98. The molecular formula is C14H10ClFO2S. The predicted molar refractivity (Wildman–Crippen MR) is 74.4 cm³/mol. The van der Waals surface area contributed by atoms with Crippen LogP contribution in [0.4, 0.5) is 4.39 Å². The molecule has 98 valence electrons. The molecule has 0 aliphatic heterocycles. The van der Waals surface area contributed by atoms with Crippen molar-refractivity contribution < 1.29 is 14.3 Å². The van der Waals surface area contributed by atoms with Gasteiger partial charge in [0, 0.05) is 15.7 Å². The zero-order valence-electron chi connectivity index (χ0n) is 9.77. The van der Waals surface area contributed by atoms with E-state index < -0.39 is 11.8 Å². The summed E-state index contributed by atoms with van der Waals surface area (Å²) in [5, 5.41) is 9.49. The quantitative estimate of drug-likeness (QED) is 0.846. The van der Waals surface area contributed by atoms with Crippen LogP contribution in [0.2, 0.25) is 5.02 Å². The average Bonchev–Trinajstić information content (AvgIpc) is 2.39. The van der Waals surface area contributed by atoms with Gasteiger partial charge in [0.2, 0.25) is 0 Å². The summed E-state index contributed by atoms with van der Waals surface area (Å²) in [7, 11) is 0. The van der Waals surface area contributed by atoms with E-state index in [0.29, 0.717) is 16.3 Å². The van der Waals surface area contributed by atoms with E-state index >= 15 is 0 Å². The number of carbonyl (C=O) groups is 1. The first-order valence-electron chi connectivity index (χ1n) is 5.47. The molecule has 0 aliphatic carbocycles. The maximum absolute atomic E-state index is 13.9. The van der Waals surface area contributed by atoms with Gasteiger partial charge in [-0.3, -0.25) is 0 Å². The Kier molecular flexibility index (Phi) is 4.45. The van der Waals surface area contributed by atoms with Crippen LogP contribution in [0.3, 0.4) is 0 Å². The minimum atomic E-state index is -1.25. The van der Waals surface area contributed by atoms with Crippen molar-refractivity contribution in [3.8, 4) is 0 Å². The molecule has 0 heterocycles. The Morgan fingerprint density at radius 1 is 1.21 bits per heavy atom. The largest absolute Gasteiger partial charge is 0.478 e. The van der Waals surface area contributed by atoms with Crippen LogP contribution in [-0.4, -0.2) is 11.1 Å². The Morgan fingerprint density at radius 3 is 2.53 bits per heavy atom. The normalized spacial score (nSPS) is 10.4. The van der Waals surface area contributed by atoms with Gasteiger partial charge in [-0.05, 0) is 35.9 Å². The number of carboxylic acid groups (broad SMARTS) is 1. The molecule has 0 atom stereocenters. The lowest BCUT2D eigenvalue weighted by molar-refractivity contribution is 0.0691. The van der Waals surface area contributed by atoms with Crippen molar-refractivity contribution in [1.29, 1.82) is 0 Å². The lowest BCUT2D eigenvalue weighted by Crippen LogP contribution is -2.02. The third kappa shape index (κ3) is 3.49. The minimum absolute atomic E-state index is 0.297. The number of rotatable bonds is 4. The molecule has 0 fully saturated rings. The van der Waals surface area contributed by atoms with Crippen LogP contribution in [0.25, 0.3) is 0 Å². The van der Waals surface area contributed by atoms with E-state index in [2.05, 4.69) is 0 Å². The van der Waals surface area contributed by atoms with Gasteiger partial charge >= 0.3 is 5.97 Å². The van der Waals surface area contributed by atoms with Gasteiger partial charge in [0.25, 0.3) is 0 Å². The molecule has 1 N–H and O–H groups in total. The van der Waals surface area contributed by atoms with Crippen molar-refractivity contribution in [3.63, 3.8) is 0 Å².